The van der Waals surface area contributed by atoms with Crippen molar-refractivity contribution in [3.63, 3.8) is 0 Å². The molecule has 1 N–H and O–H groups in total. The molecule has 21 heavy (non-hydrogen) atoms. The monoisotopic (exact) mass is 286 g/mol. The van der Waals surface area contributed by atoms with Crippen LogP contribution in [0.5, 0.6) is 0 Å². The third-order valence-electron chi connectivity index (χ3n) is 3.86. The molecule has 0 heterocycles. The van der Waals surface area contributed by atoms with Gasteiger partial charge in [0, 0.05) is 25.3 Å². The van der Waals surface area contributed by atoms with Crippen molar-refractivity contribution in [2.24, 2.45) is 0 Å². The molecule has 0 bridgehead atoms. The maximum absolute atomic E-state index is 13.3. The van der Waals surface area contributed by atoms with Crippen LogP contribution < -0.4 is 10.2 Å². The lowest BCUT2D eigenvalue weighted by atomic mass is 9.98. The van der Waals surface area contributed by atoms with E-state index in [1.165, 1.54) is 22.8 Å². The van der Waals surface area contributed by atoms with Gasteiger partial charge < -0.3 is 10.2 Å². The number of rotatable bonds is 5. The minimum Gasteiger partial charge on any atom is -0.373 e. The molecule has 0 aliphatic carbocycles. The fraction of sp³-hybridized carbons (Fsp3) is 0.333. The summed E-state index contributed by atoms with van der Waals surface area (Å²) in [6.45, 7) is 5.01. The molecular formula is C18H23FN2. The zero-order valence-corrected chi connectivity index (χ0v) is 13.2. The SMILES string of the molecule is CNC(CN(C)c1cccc(F)c1)c1cc(C)ccc1C. The number of hydrogen-bond acceptors (Lipinski definition) is 2. The summed E-state index contributed by atoms with van der Waals surface area (Å²) in [5.41, 5.74) is 4.71. The first-order chi connectivity index (χ1) is 10.0. The number of benzene rings is 2. The van der Waals surface area contributed by atoms with E-state index in [0.717, 1.165) is 12.2 Å². The third kappa shape index (κ3) is 3.82. The predicted octanol–water partition coefficient (Wildman–Crippen LogP) is 3.84. The van der Waals surface area contributed by atoms with Gasteiger partial charge in [0.05, 0.1) is 0 Å². The van der Waals surface area contributed by atoms with Crippen LogP contribution in [-0.2, 0) is 0 Å². The molecular weight excluding hydrogens is 263 g/mol. The van der Waals surface area contributed by atoms with Crippen LogP contribution in [0.1, 0.15) is 22.7 Å². The highest BCUT2D eigenvalue weighted by Crippen LogP contribution is 2.22. The van der Waals surface area contributed by atoms with E-state index >= 15 is 0 Å². The molecule has 0 saturated heterocycles. The van der Waals surface area contributed by atoms with Crippen LogP contribution in [0.25, 0.3) is 0 Å². The second-order valence-corrected chi connectivity index (χ2v) is 5.56. The van der Waals surface area contributed by atoms with Crippen molar-refractivity contribution in [3.05, 3.63) is 65.0 Å². The smallest absolute Gasteiger partial charge is 0.125 e. The maximum atomic E-state index is 13.3. The largest absolute Gasteiger partial charge is 0.373 e. The Labute approximate surface area is 126 Å². The second kappa shape index (κ2) is 6.72. The lowest BCUT2D eigenvalue weighted by Gasteiger charge is -2.27. The minimum absolute atomic E-state index is 0.202. The minimum atomic E-state index is -0.202. The summed E-state index contributed by atoms with van der Waals surface area (Å²) in [6, 6.07) is 13.4. The Bertz CT molecular complexity index is 610. The zero-order valence-electron chi connectivity index (χ0n) is 13.2. The van der Waals surface area contributed by atoms with Gasteiger partial charge in [-0.25, -0.2) is 4.39 Å². The predicted molar refractivity (Wildman–Crippen MR) is 87.4 cm³/mol. The lowest BCUT2D eigenvalue weighted by molar-refractivity contribution is 0.584. The van der Waals surface area contributed by atoms with Gasteiger partial charge in [0.15, 0.2) is 0 Å². The number of hydrogen-bond donors (Lipinski definition) is 1. The number of halogens is 1. The van der Waals surface area contributed by atoms with Crippen molar-refractivity contribution in [2.75, 3.05) is 25.5 Å². The van der Waals surface area contributed by atoms with Crippen LogP contribution in [0, 0.1) is 19.7 Å². The van der Waals surface area contributed by atoms with Gasteiger partial charge in [-0.05, 0) is 50.2 Å². The van der Waals surface area contributed by atoms with E-state index in [2.05, 4.69) is 42.3 Å². The van der Waals surface area contributed by atoms with Crippen LogP contribution in [-0.4, -0.2) is 20.6 Å². The Kier molecular flexibility index (Phi) is 4.97. The van der Waals surface area contributed by atoms with Crippen LogP contribution in [0.2, 0.25) is 0 Å². The van der Waals surface area contributed by atoms with E-state index < -0.39 is 0 Å². The van der Waals surface area contributed by atoms with Gasteiger partial charge in [-0.15, -0.1) is 0 Å². The first kappa shape index (κ1) is 15.5. The Morgan fingerprint density at radius 3 is 2.57 bits per heavy atom. The molecule has 112 valence electrons. The number of aryl methyl sites for hydroxylation is 2. The zero-order chi connectivity index (χ0) is 15.4. The summed E-state index contributed by atoms with van der Waals surface area (Å²) in [4.78, 5) is 2.08. The molecule has 2 aromatic carbocycles. The molecule has 0 aliphatic heterocycles. The van der Waals surface area contributed by atoms with E-state index in [9.17, 15) is 4.39 Å². The summed E-state index contributed by atoms with van der Waals surface area (Å²) in [5, 5.41) is 3.37. The maximum Gasteiger partial charge on any atom is 0.125 e. The fourth-order valence-electron chi connectivity index (χ4n) is 2.57. The van der Waals surface area contributed by atoms with E-state index in [1.54, 1.807) is 12.1 Å². The highest BCUT2D eigenvalue weighted by Gasteiger charge is 2.15. The molecule has 2 nitrogen and oxygen atoms in total. The summed E-state index contributed by atoms with van der Waals surface area (Å²) in [5.74, 6) is -0.202. The summed E-state index contributed by atoms with van der Waals surface area (Å²) in [7, 11) is 3.95. The summed E-state index contributed by atoms with van der Waals surface area (Å²) in [6.07, 6.45) is 0. The Hall–Kier alpha value is -1.87. The molecule has 1 unspecified atom stereocenters. The van der Waals surface area contributed by atoms with Gasteiger partial charge in [-0.3, -0.25) is 0 Å². The molecule has 0 fully saturated rings. The van der Waals surface area contributed by atoms with E-state index in [0.29, 0.717) is 0 Å². The first-order valence-corrected chi connectivity index (χ1v) is 7.22. The van der Waals surface area contributed by atoms with Gasteiger partial charge in [-0.2, -0.15) is 0 Å². The van der Waals surface area contributed by atoms with Gasteiger partial charge in [0.2, 0.25) is 0 Å². The summed E-state index contributed by atoms with van der Waals surface area (Å²) < 4.78 is 13.3. The third-order valence-corrected chi connectivity index (χ3v) is 3.86. The van der Waals surface area contributed by atoms with Crippen LogP contribution >= 0.6 is 0 Å². The number of nitrogens with one attached hydrogen (secondary N) is 1. The second-order valence-electron chi connectivity index (χ2n) is 5.56. The normalized spacial score (nSPS) is 12.2. The van der Waals surface area contributed by atoms with E-state index in [-0.39, 0.29) is 11.9 Å². The highest BCUT2D eigenvalue weighted by molar-refractivity contribution is 5.46. The van der Waals surface area contributed by atoms with Crippen LogP contribution in [0.15, 0.2) is 42.5 Å². The molecule has 0 saturated carbocycles. The lowest BCUT2D eigenvalue weighted by Crippen LogP contribution is -2.31. The van der Waals surface area contributed by atoms with Crippen molar-refractivity contribution in [2.45, 2.75) is 19.9 Å². The van der Waals surface area contributed by atoms with Gasteiger partial charge in [0.25, 0.3) is 0 Å². The highest BCUT2D eigenvalue weighted by atomic mass is 19.1. The van der Waals surface area contributed by atoms with E-state index in [1.807, 2.05) is 20.2 Å². The quantitative estimate of drug-likeness (QED) is 0.898. The Morgan fingerprint density at radius 1 is 1.14 bits per heavy atom. The molecule has 1 atom stereocenters. The molecule has 0 radical (unpaired) electrons. The van der Waals surface area contributed by atoms with Gasteiger partial charge >= 0.3 is 0 Å². The molecule has 2 aromatic rings. The molecule has 3 heteroatoms. The fourth-order valence-corrected chi connectivity index (χ4v) is 2.57. The number of nitrogens with zero attached hydrogens (tertiary/aromatic N) is 1. The van der Waals surface area contributed by atoms with Crippen molar-refractivity contribution in [1.29, 1.82) is 0 Å². The molecule has 0 amide bonds. The first-order valence-electron chi connectivity index (χ1n) is 7.22. The summed E-state index contributed by atoms with van der Waals surface area (Å²) >= 11 is 0. The standard InChI is InChI=1S/C18H23FN2/c1-13-8-9-14(2)17(10-13)18(20-3)12-21(4)16-7-5-6-15(19)11-16/h5-11,18,20H,12H2,1-4H3. The Morgan fingerprint density at radius 2 is 1.90 bits per heavy atom. The van der Waals surface area contributed by atoms with Crippen molar-refractivity contribution >= 4 is 5.69 Å². The average molecular weight is 286 g/mol. The number of likely N-dealkylation sites (N-methyl/N-ethyl adjacent to an activating group) is 2. The van der Waals surface area contributed by atoms with Crippen molar-refractivity contribution in [3.8, 4) is 0 Å². The molecule has 2 rings (SSSR count). The topological polar surface area (TPSA) is 15.3 Å². The van der Waals surface area contributed by atoms with Gasteiger partial charge in [-0.1, -0.05) is 29.8 Å². The molecule has 0 aliphatic rings. The average Bonchev–Trinajstić information content (AvgIpc) is 2.47. The van der Waals surface area contributed by atoms with Crippen molar-refractivity contribution < 1.29 is 4.39 Å². The van der Waals surface area contributed by atoms with Gasteiger partial charge in [0.1, 0.15) is 5.82 Å². The van der Waals surface area contributed by atoms with Crippen molar-refractivity contribution in [1.82, 2.24) is 5.32 Å². The van der Waals surface area contributed by atoms with E-state index in [4.69, 9.17) is 0 Å². The van der Waals surface area contributed by atoms with Crippen LogP contribution in [0.4, 0.5) is 10.1 Å². The van der Waals surface area contributed by atoms with Crippen LogP contribution in [0.3, 0.4) is 0 Å². The number of anilines is 1. The molecule has 0 spiro atoms. The Balaban J connectivity index is 2.20. The molecule has 0 aromatic heterocycles.